The van der Waals surface area contributed by atoms with E-state index < -0.39 is 0 Å². The van der Waals surface area contributed by atoms with Crippen LogP contribution in [0.5, 0.6) is 5.75 Å². The molecule has 1 aromatic heterocycles. The van der Waals surface area contributed by atoms with Crippen molar-refractivity contribution in [2.45, 2.75) is 25.9 Å². The van der Waals surface area contributed by atoms with Crippen LogP contribution in [0.15, 0.2) is 54.6 Å². The van der Waals surface area contributed by atoms with Crippen LogP contribution < -0.4 is 4.74 Å². The first-order valence-corrected chi connectivity index (χ1v) is 8.28. The zero-order valence-corrected chi connectivity index (χ0v) is 14.9. The highest BCUT2D eigenvalue weighted by Gasteiger charge is 2.22. The van der Waals surface area contributed by atoms with Crippen LogP contribution >= 0.6 is 12.2 Å². The van der Waals surface area contributed by atoms with Gasteiger partial charge in [0, 0.05) is 12.5 Å². The van der Waals surface area contributed by atoms with E-state index in [0.29, 0.717) is 11.4 Å². The first-order valence-electron chi connectivity index (χ1n) is 7.87. The molecule has 3 rings (SSSR count). The average molecular weight is 339 g/mol. The van der Waals surface area contributed by atoms with Gasteiger partial charge in [-0.25, -0.2) is 0 Å². The fourth-order valence-electron chi connectivity index (χ4n) is 2.65. The quantitative estimate of drug-likeness (QED) is 0.701. The Labute approximate surface area is 147 Å². The van der Waals surface area contributed by atoms with Gasteiger partial charge in [0.1, 0.15) is 12.4 Å². The largest absolute Gasteiger partial charge is 0.486 e. The van der Waals surface area contributed by atoms with E-state index in [2.05, 4.69) is 60.4 Å². The van der Waals surface area contributed by atoms with Gasteiger partial charge in [0.2, 0.25) is 0 Å². The zero-order chi connectivity index (χ0) is 17.2. The van der Waals surface area contributed by atoms with Crippen molar-refractivity contribution in [2.75, 3.05) is 0 Å². The second-order valence-corrected chi connectivity index (χ2v) is 6.69. The summed E-state index contributed by atoms with van der Waals surface area (Å²) in [6.45, 7) is 4.84. The summed E-state index contributed by atoms with van der Waals surface area (Å²) in [6.07, 6.45) is 0. The van der Waals surface area contributed by atoms with Crippen LogP contribution in [-0.4, -0.2) is 14.8 Å². The average Bonchev–Trinajstić information content (AvgIpc) is 2.93. The van der Waals surface area contributed by atoms with Crippen molar-refractivity contribution in [3.8, 4) is 5.75 Å². The second-order valence-electron chi connectivity index (χ2n) is 6.31. The lowest BCUT2D eigenvalue weighted by Gasteiger charge is -2.26. The van der Waals surface area contributed by atoms with E-state index in [-0.39, 0.29) is 5.41 Å². The molecular weight excluding hydrogens is 318 g/mol. The molecule has 2 aromatic carbocycles. The molecule has 0 spiro atoms. The minimum Gasteiger partial charge on any atom is -0.486 e. The number of aromatic nitrogens is 3. The lowest BCUT2D eigenvalue weighted by Crippen LogP contribution is -2.18. The Bertz CT molecular complexity index is 864. The molecule has 0 unspecified atom stereocenters. The normalized spacial score (nSPS) is 11.5. The topological polar surface area (TPSA) is 42.8 Å². The molecule has 0 aliphatic rings. The number of benzene rings is 2. The van der Waals surface area contributed by atoms with Crippen LogP contribution in [0.25, 0.3) is 0 Å². The second kappa shape index (κ2) is 6.61. The van der Waals surface area contributed by atoms with Gasteiger partial charge in [-0.3, -0.25) is 5.10 Å². The summed E-state index contributed by atoms with van der Waals surface area (Å²) in [7, 11) is 1.87. The van der Waals surface area contributed by atoms with Gasteiger partial charge in [0.05, 0.1) is 0 Å². The number of nitrogens with one attached hydrogen (secondary N) is 1. The van der Waals surface area contributed by atoms with Gasteiger partial charge < -0.3 is 9.30 Å². The molecule has 3 aromatic rings. The summed E-state index contributed by atoms with van der Waals surface area (Å²) in [4.78, 5) is 0. The third-order valence-corrected chi connectivity index (χ3v) is 4.78. The number of rotatable bonds is 5. The maximum atomic E-state index is 5.81. The van der Waals surface area contributed by atoms with Crippen molar-refractivity contribution in [1.29, 1.82) is 0 Å². The fourth-order valence-corrected chi connectivity index (χ4v) is 2.80. The Morgan fingerprint density at radius 2 is 1.67 bits per heavy atom. The molecular formula is C19H21N3OS. The Kier molecular flexibility index (Phi) is 4.53. The molecule has 0 aliphatic heterocycles. The van der Waals surface area contributed by atoms with E-state index >= 15 is 0 Å². The first-order chi connectivity index (χ1) is 11.5. The summed E-state index contributed by atoms with van der Waals surface area (Å²) >= 11 is 5.10. The highest BCUT2D eigenvalue weighted by molar-refractivity contribution is 7.71. The molecule has 0 saturated heterocycles. The predicted molar refractivity (Wildman–Crippen MR) is 97.7 cm³/mol. The molecule has 24 heavy (non-hydrogen) atoms. The Morgan fingerprint density at radius 1 is 1.04 bits per heavy atom. The maximum Gasteiger partial charge on any atom is 0.194 e. The van der Waals surface area contributed by atoms with E-state index in [9.17, 15) is 0 Å². The van der Waals surface area contributed by atoms with Crippen molar-refractivity contribution in [2.24, 2.45) is 7.05 Å². The van der Waals surface area contributed by atoms with Gasteiger partial charge in [-0.2, -0.15) is 5.10 Å². The highest BCUT2D eigenvalue weighted by atomic mass is 32.1. The van der Waals surface area contributed by atoms with Crippen LogP contribution in [0.3, 0.4) is 0 Å². The number of hydrogen-bond acceptors (Lipinski definition) is 3. The number of H-pyrrole nitrogens is 1. The van der Waals surface area contributed by atoms with Crippen LogP contribution in [-0.2, 0) is 19.1 Å². The lowest BCUT2D eigenvalue weighted by atomic mass is 9.78. The molecule has 4 nitrogen and oxygen atoms in total. The molecule has 1 N–H and O–H groups in total. The van der Waals surface area contributed by atoms with Crippen molar-refractivity contribution in [3.63, 3.8) is 0 Å². The van der Waals surface area contributed by atoms with Gasteiger partial charge in [-0.15, -0.1) is 0 Å². The molecule has 0 radical (unpaired) electrons. The van der Waals surface area contributed by atoms with E-state index in [1.54, 1.807) is 0 Å². The van der Waals surface area contributed by atoms with E-state index in [4.69, 9.17) is 17.0 Å². The Hall–Kier alpha value is -2.40. The van der Waals surface area contributed by atoms with Crippen LogP contribution in [0.2, 0.25) is 0 Å². The molecule has 124 valence electrons. The van der Waals surface area contributed by atoms with Gasteiger partial charge >= 0.3 is 0 Å². The first kappa shape index (κ1) is 16.5. The summed E-state index contributed by atoms with van der Waals surface area (Å²) < 4.78 is 8.21. The van der Waals surface area contributed by atoms with Gasteiger partial charge in [0.25, 0.3) is 0 Å². The van der Waals surface area contributed by atoms with Gasteiger partial charge in [0.15, 0.2) is 10.6 Å². The van der Waals surface area contributed by atoms with Gasteiger partial charge in [-0.1, -0.05) is 56.3 Å². The monoisotopic (exact) mass is 339 g/mol. The zero-order valence-electron chi connectivity index (χ0n) is 14.1. The van der Waals surface area contributed by atoms with Gasteiger partial charge in [-0.05, 0) is 35.5 Å². The molecule has 1 heterocycles. The van der Waals surface area contributed by atoms with Crippen molar-refractivity contribution in [1.82, 2.24) is 14.8 Å². The standard InChI is InChI=1S/C19H21N3OS/c1-19(2,14-7-5-4-6-8-14)15-9-11-16(12-10-15)23-13-17-20-21-18(24)22(17)3/h4-12H,13H2,1-3H3,(H,21,24). The molecule has 0 aliphatic carbocycles. The minimum absolute atomic E-state index is 0.0499. The van der Waals surface area contributed by atoms with E-state index in [1.807, 2.05) is 29.8 Å². The third-order valence-electron chi connectivity index (χ3n) is 4.41. The number of aromatic amines is 1. The fraction of sp³-hybridized carbons (Fsp3) is 0.263. The predicted octanol–water partition coefficient (Wildman–Crippen LogP) is 4.38. The van der Waals surface area contributed by atoms with E-state index in [0.717, 1.165) is 11.6 Å². The highest BCUT2D eigenvalue weighted by Crippen LogP contribution is 2.32. The van der Waals surface area contributed by atoms with Crippen molar-refractivity contribution < 1.29 is 4.74 Å². The Morgan fingerprint density at radius 3 is 2.25 bits per heavy atom. The molecule has 0 fully saturated rings. The van der Waals surface area contributed by atoms with Crippen molar-refractivity contribution >= 4 is 12.2 Å². The number of ether oxygens (including phenoxy) is 1. The molecule has 0 amide bonds. The molecule has 0 bridgehead atoms. The van der Waals surface area contributed by atoms with E-state index in [1.165, 1.54) is 11.1 Å². The molecule has 0 saturated carbocycles. The van der Waals surface area contributed by atoms with Crippen LogP contribution in [0.4, 0.5) is 0 Å². The van der Waals surface area contributed by atoms with Crippen LogP contribution in [0.1, 0.15) is 30.8 Å². The molecule has 5 heteroatoms. The molecule has 0 atom stereocenters. The minimum atomic E-state index is -0.0499. The smallest absolute Gasteiger partial charge is 0.194 e. The SMILES string of the molecule is Cn1c(COc2ccc(C(C)(C)c3ccccc3)cc2)n[nH]c1=S. The maximum absolute atomic E-state index is 5.81. The lowest BCUT2D eigenvalue weighted by molar-refractivity contribution is 0.291. The summed E-state index contributed by atoms with van der Waals surface area (Å²) in [5, 5.41) is 6.90. The van der Waals surface area contributed by atoms with Crippen LogP contribution in [0, 0.1) is 4.77 Å². The summed E-state index contributed by atoms with van der Waals surface area (Å²) in [5.74, 6) is 1.59. The van der Waals surface area contributed by atoms with Crippen molar-refractivity contribution in [3.05, 3.63) is 76.3 Å². The Balaban J connectivity index is 1.73. The summed E-state index contributed by atoms with van der Waals surface area (Å²) in [5.41, 5.74) is 2.49. The number of hydrogen-bond donors (Lipinski definition) is 1. The summed E-state index contributed by atoms with van der Waals surface area (Å²) in [6, 6.07) is 18.7. The third kappa shape index (κ3) is 3.26. The number of nitrogens with zero attached hydrogens (tertiary/aromatic N) is 2.